The molecule has 0 N–H and O–H groups in total. The number of likely N-dealkylation sites (tertiary alicyclic amines) is 1. The highest BCUT2D eigenvalue weighted by Crippen LogP contribution is 2.33. The molecule has 2 atom stereocenters. The molecule has 1 heterocycles. The Labute approximate surface area is 104 Å². The van der Waals surface area contributed by atoms with E-state index in [0.29, 0.717) is 5.78 Å². The molecule has 1 saturated carbocycles. The maximum absolute atomic E-state index is 12.2. The fraction of sp³-hybridized carbons (Fsp3) is 0.857. The van der Waals surface area contributed by atoms with E-state index in [4.69, 9.17) is 0 Å². The quantitative estimate of drug-likeness (QED) is 0.739. The fourth-order valence-corrected chi connectivity index (χ4v) is 3.23. The van der Waals surface area contributed by atoms with Crippen LogP contribution in [0, 0.1) is 11.8 Å². The number of carbonyl (C=O) groups excluding carboxylic acids is 2. The van der Waals surface area contributed by atoms with E-state index in [1.165, 1.54) is 0 Å². The first-order valence-electron chi connectivity index (χ1n) is 6.94. The molecule has 0 spiro atoms. The number of hydrogen-bond donors (Lipinski definition) is 0. The summed E-state index contributed by atoms with van der Waals surface area (Å²) in [5.74, 6) is 0.804. The third-order valence-corrected chi connectivity index (χ3v) is 4.14. The van der Waals surface area contributed by atoms with Crippen LogP contribution in [0.3, 0.4) is 0 Å². The lowest BCUT2D eigenvalue weighted by Gasteiger charge is -2.39. The van der Waals surface area contributed by atoms with Gasteiger partial charge in [0.15, 0.2) is 0 Å². The van der Waals surface area contributed by atoms with Gasteiger partial charge in [-0.25, -0.2) is 0 Å². The summed E-state index contributed by atoms with van der Waals surface area (Å²) in [6, 6.07) is 0.202. The van der Waals surface area contributed by atoms with Crippen LogP contribution >= 0.6 is 0 Å². The second kappa shape index (κ2) is 5.19. The Morgan fingerprint density at radius 3 is 2.59 bits per heavy atom. The molecule has 1 amide bonds. The Balaban J connectivity index is 2.11. The van der Waals surface area contributed by atoms with Crippen molar-refractivity contribution in [1.29, 1.82) is 0 Å². The largest absolute Gasteiger partial charge is 0.339 e. The summed E-state index contributed by atoms with van der Waals surface area (Å²) in [5, 5.41) is 0. The number of ketones is 1. The van der Waals surface area contributed by atoms with E-state index >= 15 is 0 Å². The highest BCUT2D eigenvalue weighted by molar-refractivity contribution is 5.85. The summed E-state index contributed by atoms with van der Waals surface area (Å²) in [7, 11) is 0. The van der Waals surface area contributed by atoms with Crippen LogP contribution in [0.5, 0.6) is 0 Å². The zero-order valence-electron chi connectivity index (χ0n) is 10.9. The molecule has 3 heteroatoms. The first-order valence-corrected chi connectivity index (χ1v) is 6.94. The minimum absolute atomic E-state index is 0.0482. The average Bonchev–Trinajstić information content (AvgIpc) is 2.74. The molecule has 2 aliphatic rings. The van der Waals surface area contributed by atoms with Gasteiger partial charge in [0.2, 0.25) is 5.91 Å². The van der Waals surface area contributed by atoms with Crippen molar-refractivity contribution in [3.63, 3.8) is 0 Å². The minimum atomic E-state index is 0.0482. The van der Waals surface area contributed by atoms with Gasteiger partial charge in [0.25, 0.3) is 0 Å². The molecule has 1 saturated heterocycles. The smallest absolute Gasteiger partial charge is 0.225 e. The van der Waals surface area contributed by atoms with Crippen LogP contribution in [0.1, 0.15) is 52.4 Å². The van der Waals surface area contributed by atoms with Gasteiger partial charge < -0.3 is 4.90 Å². The number of nitrogens with zero attached hydrogens (tertiary/aromatic N) is 1. The summed E-state index contributed by atoms with van der Waals surface area (Å²) in [5.41, 5.74) is 0. The molecule has 3 nitrogen and oxygen atoms in total. The third kappa shape index (κ3) is 2.53. The van der Waals surface area contributed by atoms with E-state index in [1.807, 2.05) is 18.7 Å². The lowest BCUT2D eigenvalue weighted by atomic mass is 9.87. The van der Waals surface area contributed by atoms with E-state index < -0.39 is 0 Å². The second-order valence-corrected chi connectivity index (χ2v) is 5.71. The van der Waals surface area contributed by atoms with Gasteiger partial charge in [0.05, 0.1) is 0 Å². The highest BCUT2D eigenvalue weighted by atomic mass is 16.2. The maximum Gasteiger partial charge on any atom is 0.225 e. The predicted octanol–water partition coefficient (Wildman–Crippen LogP) is 2.39. The van der Waals surface area contributed by atoms with Gasteiger partial charge in [0.1, 0.15) is 5.78 Å². The molecular formula is C14H23NO2. The number of hydrogen-bond acceptors (Lipinski definition) is 2. The molecule has 0 bridgehead atoms. The molecule has 0 radical (unpaired) electrons. The molecule has 2 fully saturated rings. The van der Waals surface area contributed by atoms with E-state index in [-0.39, 0.29) is 23.8 Å². The molecule has 96 valence electrons. The molecular weight excluding hydrogens is 214 g/mol. The summed E-state index contributed by atoms with van der Waals surface area (Å²) < 4.78 is 0. The Morgan fingerprint density at radius 1 is 1.24 bits per heavy atom. The van der Waals surface area contributed by atoms with Crippen molar-refractivity contribution in [1.82, 2.24) is 4.90 Å². The van der Waals surface area contributed by atoms with Crippen molar-refractivity contribution < 1.29 is 9.59 Å². The van der Waals surface area contributed by atoms with Crippen molar-refractivity contribution in [3.05, 3.63) is 0 Å². The Morgan fingerprint density at radius 2 is 2.00 bits per heavy atom. The first kappa shape index (κ1) is 12.6. The van der Waals surface area contributed by atoms with Crippen molar-refractivity contribution in [2.24, 2.45) is 11.8 Å². The number of Topliss-reactive ketones (excluding diaryl/α,β-unsaturated/α-hetero) is 1. The zero-order valence-corrected chi connectivity index (χ0v) is 10.9. The summed E-state index contributed by atoms with van der Waals surface area (Å²) in [6.45, 7) is 4.75. The van der Waals surface area contributed by atoms with Crippen LogP contribution in [0.4, 0.5) is 0 Å². The predicted molar refractivity (Wildman–Crippen MR) is 66.5 cm³/mol. The van der Waals surface area contributed by atoms with Gasteiger partial charge in [0, 0.05) is 30.8 Å². The first-order chi connectivity index (χ1) is 8.11. The van der Waals surface area contributed by atoms with Gasteiger partial charge in [-0.05, 0) is 32.1 Å². The molecule has 17 heavy (non-hydrogen) atoms. The van der Waals surface area contributed by atoms with Crippen LogP contribution in [0.2, 0.25) is 0 Å². The third-order valence-electron chi connectivity index (χ3n) is 4.14. The fourth-order valence-electron chi connectivity index (χ4n) is 3.23. The van der Waals surface area contributed by atoms with Crippen LogP contribution in [0.25, 0.3) is 0 Å². The summed E-state index contributed by atoms with van der Waals surface area (Å²) in [6.07, 6.45) is 6.01. The van der Waals surface area contributed by atoms with Crippen LogP contribution < -0.4 is 0 Å². The second-order valence-electron chi connectivity index (χ2n) is 5.71. The lowest BCUT2D eigenvalue weighted by molar-refractivity contribution is -0.141. The van der Waals surface area contributed by atoms with Crippen molar-refractivity contribution in [2.45, 2.75) is 58.4 Å². The molecule has 0 aromatic carbocycles. The Bertz CT molecular complexity index is 311. The minimum Gasteiger partial charge on any atom is -0.339 e. The molecule has 0 aromatic rings. The van der Waals surface area contributed by atoms with E-state index in [2.05, 4.69) is 0 Å². The van der Waals surface area contributed by atoms with Crippen LogP contribution in [0.15, 0.2) is 0 Å². The van der Waals surface area contributed by atoms with Crippen LogP contribution in [-0.4, -0.2) is 29.2 Å². The standard InChI is InChI=1S/C14H23NO2/c1-10(2)14(17)15-9-4-3-7-12(15)11-6-5-8-13(11)16/h10-12H,3-9H2,1-2H3. The molecule has 1 aliphatic carbocycles. The van der Waals surface area contributed by atoms with E-state index in [9.17, 15) is 9.59 Å². The van der Waals surface area contributed by atoms with Gasteiger partial charge in [-0.1, -0.05) is 13.8 Å². The van der Waals surface area contributed by atoms with Crippen molar-refractivity contribution >= 4 is 11.7 Å². The van der Waals surface area contributed by atoms with Gasteiger partial charge in [-0.3, -0.25) is 9.59 Å². The lowest BCUT2D eigenvalue weighted by Crippen LogP contribution is -2.49. The van der Waals surface area contributed by atoms with E-state index in [0.717, 1.165) is 45.1 Å². The zero-order chi connectivity index (χ0) is 12.4. The normalized spacial score (nSPS) is 30.1. The topological polar surface area (TPSA) is 37.4 Å². The van der Waals surface area contributed by atoms with Gasteiger partial charge in [-0.15, -0.1) is 0 Å². The van der Waals surface area contributed by atoms with Gasteiger partial charge >= 0.3 is 0 Å². The average molecular weight is 237 g/mol. The molecule has 2 rings (SSSR count). The number of amides is 1. The summed E-state index contributed by atoms with van der Waals surface area (Å²) in [4.78, 5) is 26.1. The monoisotopic (exact) mass is 237 g/mol. The number of rotatable bonds is 2. The number of piperidine rings is 1. The van der Waals surface area contributed by atoms with E-state index in [1.54, 1.807) is 0 Å². The molecule has 2 unspecified atom stereocenters. The molecule has 0 aromatic heterocycles. The van der Waals surface area contributed by atoms with Crippen molar-refractivity contribution in [3.8, 4) is 0 Å². The highest BCUT2D eigenvalue weighted by Gasteiger charge is 2.38. The maximum atomic E-state index is 12.2. The Hall–Kier alpha value is -0.860. The van der Waals surface area contributed by atoms with Crippen molar-refractivity contribution in [2.75, 3.05) is 6.54 Å². The summed E-state index contributed by atoms with van der Waals surface area (Å²) >= 11 is 0. The van der Waals surface area contributed by atoms with Crippen LogP contribution in [-0.2, 0) is 9.59 Å². The molecule has 1 aliphatic heterocycles. The SMILES string of the molecule is CC(C)C(=O)N1CCCCC1C1CCCC1=O. The number of carbonyl (C=O) groups is 2. The van der Waals surface area contributed by atoms with Gasteiger partial charge in [-0.2, -0.15) is 0 Å². The Kier molecular flexibility index (Phi) is 3.85.